The van der Waals surface area contributed by atoms with Gasteiger partial charge < -0.3 is 4.74 Å². The number of benzene rings is 1. The number of rotatable bonds is 4. The fourth-order valence-electron chi connectivity index (χ4n) is 1.20. The molecular weight excluding hydrogens is 220 g/mol. The van der Waals surface area contributed by atoms with Gasteiger partial charge in [0, 0.05) is 13.0 Å². The molecule has 0 fully saturated rings. The molecule has 0 N–H and O–H groups in total. The van der Waals surface area contributed by atoms with E-state index in [2.05, 4.69) is 4.99 Å². The molecule has 92 valence electrons. The summed E-state index contributed by atoms with van der Waals surface area (Å²) in [6, 6.07) is 6.35. The molecule has 0 saturated carbocycles. The number of aliphatic imine (C=N–C) groups is 1. The van der Waals surface area contributed by atoms with Crippen LogP contribution in [0, 0.1) is 16.0 Å². The minimum absolute atomic E-state index is 0.0139. The quantitative estimate of drug-likeness (QED) is 0.348. The Bertz CT molecular complexity index is 428. The molecule has 0 atom stereocenters. The maximum atomic E-state index is 10.8. The molecule has 0 amide bonds. The first kappa shape index (κ1) is 13.2. The fraction of sp³-hybridized carbons (Fsp3) is 0.417. The zero-order valence-corrected chi connectivity index (χ0v) is 10.2. The van der Waals surface area contributed by atoms with E-state index in [1.807, 2.05) is 13.8 Å². The highest BCUT2D eigenvalue weighted by Crippen LogP contribution is 2.26. The van der Waals surface area contributed by atoms with Crippen molar-refractivity contribution in [2.45, 2.75) is 20.8 Å². The summed E-state index contributed by atoms with van der Waals surface area (Å²) in [5.41, 5.74) is 0.304. The molecule has 1 aromatic carbocycles. The van der Waals surface area contributed by atoms with E-state index in [0.717, 1.165) is 0 Å². The van der Waals surface area contributed by atoms with Gasteiger partial charge in [-0.05, 0) is 12.0 Å². The molecule has 1 aromatic rings. The van der Waals surface area contributed by atoms with Crippen LogP contribution in [0.5, 0.6) is 0 Å². The molecule has 0 aromatic heterocycles. The lowest BCUT2D eigenvalue weighted by atomic mass is 10.2. The van der Waals surface area contributed by atoms with Crippen molar-refractivity contribution in [2.75, 3.05) is 6.61 Å². The fourth-order valence-corrected chi connectivity index (χ4v) is 1.20. The summed E-state index contributed by atoms with van der Waals surface area (Å²) in [5.74, 6) is 0.832. The van der Waals surface area contributed by atoms with E-state index in [9.17, 15) is 10.1 Å². The molecule has 0 unspecified atom stereocenters. The lowest BCUT2D eigenvalue weighted by Crippen LogP contribution is -2.06. The molecule has 0 aliphatic rings. The molecule has 5 heteroatoms. The largest absolute Gasteiger partial charge is 0.481 e. The number of para-hydroxylation sites is 2. The van der Waals surface area contributed by atoms with Crippen molar-refractivity contribution in [3.05, 3.63) is 34.4 Å². The number of nitrogens with zero attached hydrogens (tertiary/aromatic N) is 2. The Kier molecular flexibility index (Phi) is 4.63. The van der Waals surface area contributed by atoms with E-state index in [1.165, 1.54) is 6.07 Å². The van der Waals surface area contributed by atoms with Gasteiger partial charge in [0.1, 0.15) is 5.69 Å². The SMILES string of the molecule is CC(=Nc1ccccc1[N+](=O)[O-])OCC(C)C. The molecule has 0 heterocycles. The summed E-state index contributed by atoms with van der Waals surface area (Å²) in [4.78, 5) is 14.4. The predicted octanol–water partition coefficient (Wildman–Crippen LogP) is 3.32. The van der Waals surface area contributed by atoms with Crippen LogP contribution in [-0.2, 0) is 4.74 Å². The van der Waals surface area contributed by atoms with Gasteiger partial charge in [0.25, 0.3) is 5.69 Å². The third-order valence-corrected chi connectivity index (χ3v) is 1.98. The second-order valence-electron chi connectivity index (χ2n) is 4.08. The van der Waals surface area contributed by atoms with E-state index in [-0.39, 0.29) is 5.69 Å². The molecule has 17 heavy (non-hydrogen) atoms. The van der Waals surface area contributed by atoms with Crippen molar-refractivity contribution >= 4 is 17.3 Å². The van der Waals surface area contributed by atoms with E-state index >= 15 is 0 Å². The highest BCUT2D eigenvalue weighted by molar-refractivity contribution is 5.78. The molecule has 0 bridgehead atoms. The normalized spacial score (nSPS) is 11.6. The summed E-state index contributed by atoms with van der Waals surface area (Å²) in [6.45, 7) is 6.30. The Morgan fingerprint density at radius 3 is 2.71 bits per heavy atom. The van der Waals surface area contributed by atoms with Crippen LogP contribution >= 0.6 is 0 Å². The first-order valence-electron chi connectivity index (χ1n) is 5.42. The minimum Gasteiger partial charge on any atom is -0.481 e. The Morgan fingerprint density at radius 2 is 2.12 bits per heavy atom. The highest BCUT2D eigenvalue weighted by Gasteiger charge is 2.11. The van der Waals surface area contributed by atoms with Crippen molar-refractivity contribution in [3.8, 4) is 0 Å². The van der Waals surface area contributed by atoms with Crippen molar-refractivity contribution in [1.82, 2.24) is 0 Å². The average molecular weight is 236 g/mol. The third-order valence-electron chi connectivity index (χ3n) is 1.98. The first-order chi connectivity index (χ1) is 8.00. The van der Waals surface area contributed by atoms with Crippen LogP contribution in [0.1, 0.15) is 20.8 Å². The van der Waals surface area contributed by atoms with E-state index < -0.39 is 4.92 Å². The van der Waals surface area contributed by atoms with Crippen LogP contribution in [0.25, 0.3) is 0 Å². The summed E-state index contributed by atoms with van der Waals surface area (Å²) < 4.78 is 5.37. The second-order valence-corrected chi connectivity index (χ2v) is 4.08. The topological polar surface area (TPSA) is 64.7 Å². The lowest BCUT2D eigenvalue weighted by Gasteiger charge is -2.07. The van der Waals surface area contributed by atoms with E-state index in [4.69, 9.17) is 4.74 Å². The summed E-state index contributed by atoms with van der Waals surface area (Å²) in [6.07, 6.45) is 0. The maximum absolute atomic E-state index is 10.8. The van der Waals surface area contributed by atoms with E-state index in [1.54, 1.807) is 25.1 Å². The number of nitro benzene ring substituents is 1. The Morgan fingerprint density at radius 1 is 1.47 bits per heavy atom. The number of ether oxygens (including phenoxy) is 1. The van der Waals surface area contributed by atoms with Gasteiger partial charge in [0.2, 0.25) is 0 Å². The summed E-state index contributed by atoms with van der Waals surface area (Å²) >= 11 is 0. The minimum atomic E-state index is -0.450. The summed E-state index contributed by atoms with van der Waals surface area (Å²) in [7, 11) is 0. The van der Waals surface area contributed by atoms with Gasteiger partial charge in [-0.3, -0.25) is 10.1 Å². The molecule has 0 aliphatic carbocycles. The molecule has 0 radical (unpaired) electrons. The second kappa shape index (κ2) is 5.98. The summed E-state index contributed by atoms with van der Waals surface area (Å²) in [5, 5.41) is 10.8. The smallest absolute Gasteiger partial charge is 0.294 e. The van der Waals surface area contributed by atoms with E-state index in [0.29, 0.717) is 24.1 Å². The number of hydrogen-bond acceptors (Lipinski definition) is 4. The van der Waals surface area contributed by atoms with Crippen molar-refractivity contribution in [1.29, 1.82) is 0 Å². The Labute approximate surface area is 100 Å². The molecule has 0 saturated heterocycles. The zero-order valence-electron chi connectivity index (χ0n) is 10.2. The third kappa shape index (κ3) is 4.22. The predicted molar refractivity (Wildman–Crippen MR) is 66.7 cm³/mol. The van der Waals surface area contributed by atoms with Crippen molar-refractivity contribution < 1.29 is 9.66 Å². The molecule has 5 nitrogen and oxygen atoms in total. The average Bonchev–Trinajstić information content (AvgIpc) is 2.27. The first-order valence-corrected chi connectivity index (χ1v) is 5.42. The number of hydrogen-bond donors (Lipinski definition) is 0. The van der Waals surface area contributed by atoms with Crippen LogP contribution in [0.4, 0.5) is 11.4 Å². The monoisotopic (exact) mass is 236 g/mol. The van der Waals surface area contributed by atoms with Crippen LogP contribution in [0.2, 0.25) is 0 Å². The van der Waals surface area contributed by atoms with Gasteiger partial charge in [0.15, 0.2) is 5.90 Å². The lowest BCUT2D eigenvalue weighted by molar-refractivity contribution is -0.384. The van der Waals surface area contributed by atoms with Gasteiger partial charge in [-0.15, -0.1) is 0 Å². The molecule has 1 rings (SSSR count). The van der Waals surface area contributed by atoms with Crippen molar-refractivity contribution in [2.24, 2.45) is 10.9 Å². The Hall–Kier alpha value is -1.91. The standard InChI is InChI=1S/C12H16N2O3/c1-9(2)8-17-10(3)13-11-6-4-5-7-12(11)14(15)16/h4-7,9H,8H2,1-3H3. The Balaban J connectivity index is 2.86. The zero-order chi connectivity index (χ0) is 12.8. The van der Waals surface area contributed by atoms with Crippen LogP contribution < -0.4 is 0 Å². The number of nitro groups is 1. The van der Waals surface area contributed by atoms with Crippen LogP contribution in [0.15, 0.2) is 29.3 Å². The molecule has 0 aliphatic heterocycles. The van der Waals surface area contributed by atoms with Gasteiger partial charge in [-0.2, -0.15) is 0 Å². The van der Waals surface area contributed by atoms with Crippen molar-refractivity contribution in [3.63, 3.8) is 0 Å². The van der Waals surface area contributed by atoms with Crippen LogP contribution in [0.3, 0.4) is 0 Å². The highest BCUT2D eigenvalue weighted by atomic mass is 16.6. The van der Waals surface area contributed by atoms with Gasteiger partial charge >= 0.3 is 0 Å². The van der Waals surface area contributed by atoms with Gasteiger partial charge in [-0.1, -0.05) is 26.0 Å². The maximum Gasteiger partial charge on any atom is 0.294 e. The molecular formula is C12H16N2O3. The van der Waals surface area contributed by atoms with Gasteiger partial charge in [-0.25, -0.2) is 4.99 Å². The van der Waals surface area contributed by atoms with Crippen LogP contribution in [-0.4, -0.2) is 17.4 Å². The van der Waals surface area contributed by atoms with Gasteiger partial charge in [0.05, 0.1) is 11.5 Å². The molecule has 0 spiro atoms.